The molecule has 70 valence electrons. The Morgan fingerprint density at radius 3 is 2.77 bits per heavy atom. The van der Waals surface area contributed by atoms with Crippen molar-refractivity contribution in [3.8, 4) is 0 Å². The molecule has 0 atom stereocenters. The van der Waals surface area contributed by atoms with E-state index in [1.54, 1.807) is 0 Å². The van der Waals surface area contributed by atoms with Gasteiger partial charge in [0.15, 0.2) is 11.6 Å². The maximum atomic E-state index is 13.4. The maximum Gasteiger partial charge on any atom is 0.256 e. The summed E-state index contributed by atoms with van der Waals surface area (Å²) in [5.74, 6) is -4.59. The molecule has 0 radical (unpaired) electrons. The molecule has 0 aromatic heterocycles. The molecule has 0 bridgehead atoms. The van der Waals surface area contributed by atoms with Crippen LogP contribution in [0.3, 0.4) is 0 Å². The number of amides is 1. The summed E-state index contributed by atoms with van der Waals surface area (Å²) in [4.78, 5) is 11.4. The third-order valence-electron chi connectivity index (χ3n) is 1.39. The molecule has 0 unspecified atom stereocenters. The maximum absolute atomic E-state index is 13.4. The topological polar surface area (TPSA) is 20.3 Å². The van der Waals surface area contributed by atoms with Crippen molar-refractivity contribution in [1.29, 1.82) is 0 Å². The minimum absolute atomic E-state index is 0.433. The lowest BCUT2D eigenvalue weighted by Gasteiger charge is -2.10. The number of halogens is 2. The van der Waals surface area contributed by atoms with Gasteiger partial charge >= 0.3 is 0 Å². The second kappa shape index (κ2) is 3.51. The molecule has 0 saturated carbocycles. The van der Waals surface area contributed by atoms with Crippen molar-refractivity contribution in [3.63, 3.8) is 0 Å². The van der Waals surface area contributed by atoms with E-state index >= 15 is 0 Å². The first-order valence-electron chi connectivity index (χ1n) is 6.25. The molecular weight excluding hydrogens is 176 g/mol. The van der Waals surface area contributed by atoms with Crippen molar-refractivity contribution >= 4 is 5.91 Å². The summed E-state index contributed by atoms with van der Waals surface area (Å²) in [5.41, 5.74) is -0.952. The van der Waals surface area contributed by atoms with E-state index in [0.29, 0.717) is 0 Å². The fourth-order valence-electron chi connectivity index (χ4n) is 0.789. The minimum atomic E-state index is -3.30. The Kier molecular flexibility index (Phi) is 1.13. The molecule has 1 amide bonds. The minimum Gasteiger partial charge on any atom is -0.345 e. The molecule has 4 heteroatoms. The van der Waals surface area contributed by atoms with Gasteiger partial charge in [-0.3, -0.25) is 4.79 Å². The summed E-state index contributed by atoms with van der Waals surface area (Å²) in [7, 11) is 0. The van der Waals surface area contributed by atoms with Gasteiger partial charge in [-0.2, -0.15) is 0 Å². The number of carbonyl (C=O) groups is 1. The number of carbonyl (C=O) groups excluding carboxylic acids is 1. The van der Waals surface area contributed by atoms with Gasteiger partial charge < -0.3 is 4.90 Å². The lowest BCUT2D eigenvalue weighted by Crippen LogP contribution is -2.23. The fraction of sp³-hybridized carbons (Fsp3) is 0.222. The Morgan fingerprint density at radius 2 is 2.15 bits per heavy atom. The fourth-order valence-corrected chi connectivity index (χ4v) is 0.789. The highest BCUT2D eigenvalue weighted by Gasteiger charge is 2.15. The van der Waals surface area contributed by atoms with Gasteiger partial charge in [0, 0.05) is 22.2 Å². The van der Waals surface area contributed by atoms with E-state index < -0.39 is 42.0 Å². The van der Waals surface area contributed by atoms with Crippen molar-refractivity contribution in [3.05, 3.63) is 35.4 Å². The van der Waals surface area contributed by atoms with Crippen LogP contribution in [0.2, 0.25) is 0 Å². The third-order valence-corrected chi connectivity index (χ3v) is 1.39. The van der Waals surface area contributed by atoms with Crippen LogP contribution in [0.4, 0.5) is 8.78 Å². The smallest absolute Gasteiger partial charge is 0.256 e. The summed E-state index contributed by atoms with van der Waals surface area (Å²) in [5, 5.41) is 0. The van der Waals surface area contributed by atoms with Gasteiger partial charge in [-0.1, -0.05) is 6.07 Å². The van der Waals surface area contributed by atoms with Gasteiger partial charge in [0.25, 0.3) is 5.91 Å². The van der Waals surface area contributed by atoms with Crippen LogP contribution in [0.25, 0.3) is 0 Å². The molecule has 0 N–H and O–H groups in total. The van der Waals surface area contributed by atoms with Crippen molar-refractivity contribution in [1.82, 2.24) is 4.90 Å². The van der Waals surface area contributed by atoms with Crippen LogP contribution in [0.5, 0.6) is 0 Å². The number of nitrogens with zero attached hydrogens (tertiary/aromatic N) is 1. The molecule has 0 saturated heterocycles. The zero-order chi connectivity index (χ0) is 15.0. The highest BCUT2D eigenvalue weighted by Crippen LogP contribution is 2.12. The quantitative estimate of drug-likeness (QED) is 0.661. The van der Waals surface area contributed by atoms with Crippen molar-refractivity contribution in [2.75, 3.05) is 14.0 Å². The molecule has 13 heavy (non-hydrogen) atoms. The molecular formula is C9H9F2NO. The lowest BCUT2D eigenvalue weighted by molar-refractivity contribution is 0.0822. The monoisotopic (exact) mass is 191 g/mol. The predicted molar refractivity (Wildman–Crippen MR) is 44.4 cm³/mol. The van der Waals surface area contributed by atoms with Gasteiger partial charge in [-0.05, 0) is 12.1 Å². The van der Waals surface area contributed by atoms with Gasteiger partial charge in [-0.25, -0.2) is 8.78 Å². The van der Waals surface area contributed by atoms with Crippen LogP contribution in [-0.4, -0.2) is 24.8 Å². The summed E-state index contributed by atoms with van der Waals surface area (Å²) < 4.78 is 68.4. The Bertz CT molecular complexity index is 484. The Hall–Kier alpha value is -1.45. The van der Waals surface area contributed by atoms with Crippen LogP contribution >= 0.6 is 0 Å². The van der Waals surface area contributed by atoms with E-state index in [9.17, 15) is 13.6 Å². The molecule has 0 aliphatic carbocycles. The molecule has 1 aromatic rings. The van der Waals surface area contributed by atoms with Crippen LogP contribution in [0.15, 0.2) is 18.2 Å². The van der Waals surface area contributed by atoms with Gasteiger partial charge in [0.05, 0.1) is 5.56 Å². The second-order valence-electron chi connectivity index (χ2n) is 2.24. The Morgan fingerprint density at radius 1 is 1.46 bits per heavy atom. The zero-order valence-electron chi connectivity index (χ0n) is 12.3. The number of benzene rings is 1. The zero-order valence-corrected chi connectivity index (χ0v) is 6.34. The van der Waals surface area contributed by atoms with Gasteiger partial charge in [0.2, 0.25) is 0 Å². The highest BCUT2D eigenvalue weighted by atomic mass is 19.2. The van der Waals surface area contributed by atoms with E-state index in [4.69, 9.17) is 8.22 Å². The Balaban J connectivity index is 3.33. The number of hydrogen-bond acceptors (Lipinski definition) is 1. The third kappa shape index (κ3) is 1.83. The molecule has 2 nitrogen and oxygen atoms in total. The van der Waals surface area contributed by atoms with Crippen molar-refractivity contribution < 1.29 is 21.8 Å². The van der Waals surface area contributed by atoms with E-state index in [-0.39, 0.29) is 0 Å². The number of hydrogen-bond donors (Lipinski definition) is 0. The van der Waals surface area contributed by atoms with Gasteiger partial charge in [0.1, 0.15) is 0 Å². The molecule has 0 spiro atoms. The first-order valence-corrected chi connectivity index (χ1v) is 3.25. The molecule has 0 aliphatic heterocycles. The highest BCUT2D eigenvalue weighted by molar-refractivity contribution is 5.94. The van der Waals surface area contributed by atoms with Crippen LogP contribution in [-0.2, 0) is 0 Å². The second-order valence-corrected chi connectivity index (χ2v) is 2.24. The van der Waals surface area contributed by atoms with E-state index in [1.165, 1.54) is 0 Å². The number of rotatable bonds is 1. The van der Waals surface area contributed by atoms with Crippen molar-refractivity contribution in [2.24, 2.45) is 0 Å². The average Bonchev–Trinajstić information content (AvgIpc) is 2.17. The van der Waals surface area contributed by atoms with Gasteiger partial charge in [-0.15, -0.1) is 0 Å². The van der Waals surface area contributed by atoms with Crippen LogP contribution in [0.1, 0.15) is 18.6 Å². The first-order chi connectivity index (χ1) is 8.46. The summed E-state index contributed by atoms with van der Waals surface area (Å²) in [6, 6.07) is 2.51. The van der Waals surface area contributed by atoms with E-state index in [1.807, 2.05) is 0 Å². The Labute approximate surface area is 83.2 Å². The van der Waals surface area contributed by atoms with E-state index in [0.717, 1.165) is 18.2 Å². The van der Waals surface area contributed by atoms with E-state index in [2.05, 4.69) is 0 Å². The molecule has 0 fully saturated rings. The molecule has 0 heterocycles. The molecule has 1 rings (SSSR count). The summed E-state index contributed by atoms with van der Waals surface area (Å²) in [6.07, 6.45) is 0. The summed E-state index contributed by atoms with van der Waals surface area (Å²) in [6.45, 7) is -6.61. The van der Waals surface area contributed by atoms with Crippen LogP contribution in [0, 0.1) is 11.6 Å². The molecule has 1 aromatic carbocycles. The first kappa shape index (κ1) is 4.17. The standard InChI is InChI=1S/C9H9F2NO/c1-12(2)9(13)6-4-3-5-7(10)8(6)11/h3-5H,1-2H3/i1D3,2D3. The SMILES string of the molecule is [2H]C([2H])([2H])N(C(=O)c1cccc(F)c1F)C([2H])([2H])[2H]. The predicted octanol–water partition coefficient (Wildman–Crippen LogP) is 1.67. The molecule has 0 aliphatic rings. The summed E-state index contributed by atoms with van der Waals surface area (Å²) >= 11 is 0. The normalized spacial score (nSPS) is 18.6. The van der Waals surface area contributed by atoms with Crippen LogP contribution < -0.4 is 0 Å². The largest absolute Gasteiger partial charge is 0.345 e. The van der Waals surface area contributed by atoms with Crippen molar-refractivity contribution in [2.45, 2.75) is 0 Å². The average molecular weight is 191 g/mol. The lowest BCUT2D eigenvalue weighted by atomic mass is 10.2.